The van der Waals surface area contributed by atoms with Crippen LogP contribution in [0.25, 0.3) is 11.8 Å². The van der Waals surface area contributed by atoms with E-state index in [2.05, 4.69) is 5.32 Å². The van der Waals surface area contributed by atoms with Crippen LogP contribution in [-0.4, -0.2) is 45.4 Å². The molecule has 0 unspecified atom stereocenters. The van der Waals surface area contributed by atoms with Gasteiger partial charge < -0.3 is 9.67 Å². The molecule has 0 atom stereocenters. The number of hydrogen-bond acceptors (Lipinski definition) is 4. The lowest BCUT2D eigenvalue weighted by atomic mass is 10.1. The minimum atomic E-state index is -1.01. The summed E-state index contributed by atoms with van der Waals surface area (Å²) in [5.41, 5.74) is 3.07. The van der Waals surface area contributed by atoms with Gasteiger partial charge >= 0.3 is 12.0 Å². The van der Waals surface area contributed by atoms with Gasteiger partial charge in [-0.3, -0.25) is 19.8 Å². The maximum atomic E-state index is 12.2. The summed E-state index contributed by atoms with van der Waals surface area (Å²) < 4.78 is 1.89. The maximum absolute atomic E-state index is 12.2. The van der Waals surface area contributed by atoms with Crippen LogP contribution in [-0.2, 0) is 9.59 Å². The highest BCUT2D eigenvalue weighted by Crippen LogP contribution is 2.24. The van der Waals surface area contributed by atoms with Crippen molar-refractivity contribution in [1.29, 1.82) is 0 Å². The first kappa shape index (κ1) is 18.1. The number of carbonyl (C=O) groups is 4. The van der Waals surface area contributed by atoms with E-state index in [0.29, 0.717) is 5.56 Å². The Hall–Kier alpha value is -3.68. The molecular formula is C19H17N3O5. The molecule has 8 heteroatoms. The first-order chi connectivity index (χ1) is 12.7. The molecule has 1 fully saturated rings. The predicted octanol–water partition coefficient (Wildman–Crippen LogP) is 1.88. The van der Waals surface area contributed by atoms with Gasteiger partial charge in [-0.05, 0) is 55.8 Å². The van der Waals surface area contributed by atoms with Crippen molar-refractivity contribution in [3.63, 3.8) is 0 Å². The van der Waals surface area contributed by atoms with Crippen molar-refractivity contribution >= 4 is 29.9 Å². The number of aromatic nitrogens is 1. The van der Waals surface area contributed by atoms with E-state index >= 15 is 0 Å². The summed E-state index contributed by atoms with van der Waals surface area (Å²) in [5, 5.41) is 11.1. The van der Waals surface area contributed by atoms with Crippen molar-refractivity contribution in [3.05, 3.63) is 58.4 Å². The molecule has 1 aromatic carbocycles. The van der Waals surface area contributed by atoms with Crippen molar-refractivity contribution < 1.29 is 24.3 Å². The van der Waals surface area contributed by atoms with Crippen LogP contribution >= 0.6 is 0 Å². The Kier molecular flexibility index (Phi) is 4.40. The molecule has 1 aliphatic rings. The molecule has 0 saturated carbocycles. The zero-order valence-corrected chi connectivity index (χ0v) is 14.9. The van der Waals surface area contributed by atoms with Crippen LogP contribution in [0.2, 0.25) is 0 Å². The van der Waals surface area contributed by atoms with Crippen LogP contribution in [0.5, 0.6) is 0 Å². The number of carboxylic acid groups (broad SMARTS) is 1. The van der Waals surface area contributed by atoms with Gasteiger partial charge in [0.15, 0.2) is 0 Å². The summed E-state index contributed by atoms with van der Waals surface area (Å²) in [5.74, 6) is -2.41. The molecule has 2 heterocycles. The quantitative estimate of drug-likeness (QED) is 0.636. The third kappa shape index (κ3) is 3.12. The first-order valence-corrected chi connectivity index (χ1v) is 8.08. The summed E-state index contributed by atoms with van der Waals surface area (Å²) in [6.45, 7) is 3.68. The minimum Gasteiger partial charge on any atom is -0.478 e. The highest BCUT2D eigenvalue weighted by Gasteiger charge is 2.33. The van der Waals surface area contributed by atoms with Crippen LogP contribution in [0.4, 0.5) is 4.79 Å². The molecule has 8 nitrogen and oxygen atoms in total. The van der Waals surface area contributed by atoms with E-state index in [0.717, 1.165) is 22.0 Å². The number of aryl methyl sites for hydroxylation is 1. The highest BCUT2D eigenvalue weighted by atomic mass is 16.4. The minimum absolute atomic E-state index is 0.126. The molecule has 1 aromatic heterocycles. The van der Waals surface area contributed by atoms with Crippen molar-refractivity contribution in [2.45, 2.75) is 13.8 Å². The van der Waals surface area contributed by atoms with E-state index in [1.165, 1.54) is 25.3 Å². The van der Waals surface area contributed by atoms with E-state index in [1.54, 1.807) is 12.1 Å². The second-order valence-corrected chi connectivity index (χ2v) is 6.20. The molecule has 2 N–H and O–H groups in total. The van der Waals surface area contributed by atoms with Gasteiger partial charge in [0.05, 0.1) is 5.56 Å². The van der Waals surface area contributed by atoms with Crippen molar-refractivity contribution in [2.75, 3.05) is 7.05 Å². The summed E-state index contributed by atoms with van der Waals surface area (Å²) in [6.07, 6.45) is 1.45. The average molecular weight is 367 g/mol. The number of carboxylic acids is 1. The van der Waals surface area contributed by atoms with E-state index < -0.39 is 23.8 Å². The fourth-order valence-electron chi connectivity index (χ4n) is 2.99. The van der Waals surface area contributed by atoms with Gasteiger partial charge in [0.25, 0.3) is 11.8 Å². The second kappa shape index (κ2) is 6.56. The Bertz CT molecular complexity index is 1010. The zero-order valence-electron chi connectivity index (χ0n) is 14.9. The molecule has 1 aliphatic heterocycles. The molecule has 1 saturated heterocycles. The normalized spacial score (nSPS) is 16.0. The van der Waals surface area contributed by atoms with Gasteiger partial charge in [-0.15, -0.1) is 0 Å². The highest BCUT2D eigenvalue weighted by molar-refractivity contribution is 6.30. The standard InChI is InChI=1S/C19H17N3O5/c1-10-8-13(9-15-16(23)20-19(27)21(3)17(15)24)11(2)22(10)14-6-4-12(5-7-14)18(25)26/h4-9H,1-3H3,(H,25,26)(H,20,23,27)/b15-9+. The van der Waals surface area contributed by atoms with Crippen LogP contribution in [0.3, 0.4) is 0 Å². The van der Waals surface area contributed by atoms with Gasteiger partial charge in [0, 0.05) is 24.1 Å². The Morgan fingerprint density at radius 1 is 1.11 bits per heavy atom. The number of benzene rings is 1. The third-order valence-electron chi connectivity index (χ3n) is 4.45. The average Bonchev–Trinajstić information content (AvgIpc) is 2.90. The summed E-state index contributed by atoms with van der Waals surface area (Å²) in [6, 6.07) is 7.44. The number of aromatic carboxylic acids is 1. The Morgan fingerprint density at radius 2 is 1.74 bits per heavy atom. The monoisotopic (exact) mass is 367 g/mol. The summed E-state index contributed by atoms with van der Waals surface area (Å²) >= 11 is 0. The number of amides is 4. The molecular weight excluding hydrogens is 350 g/mol. The summed E-state index contributed by atoms with van der Waals surface area (Å²) in [7, 11) is 1.30. The smallest absolute Gasteiger partial charge is 0.335 e. The van der Waals surface area contributed by atoms with Crippen molar-refractivity contribution in [3.8, 4) is 5.69 Å². The largest absolute Gasteiger partial charge is 0.478 e. The molecule has 0 aliphatic carbocycles. The van der Waals surface area contributed by atoms with E-state index in [9.17, 15) is 19.2 Å². The first-order valence-electron chi connectivity index (χ1n) is 8.08. The molecule has 2 aromatic rings. The predicted molar refractivity (Wildman–Crippen MR) is 96.5 cm³/mol. The van der Waals surface area contributed by atoms with Gasteiger partial charge in [-0.25, -0.2) is 9.59 Å². The Balaban J connectivity index is 2.03. The second-order valence-electron chi connectivity index (χ2n) is 6.20. The molecule has 3 rings (SSSR count). The van der Waals surface area contributed by atoms with E-state index in [-0.39, 0.29) is 11.1 Å². The van der Waals surface area contributed by atoms with Crippen LogP contribution < -0.4 is 5.32 Å². The van der Waals surface area contributed by atoms with Gasteiger partial charge in [-0.2, -0.15) is 0 Å². The van der Waals surface area contributed by atoms with Gasteiger partial charge in [0.2, 0.25) is 0 Å². The maximum Gasteiger partial charge on any atom is 0.335 e. The lowest BCUT2D eigenvalue weighted by Crippen LogP contribution is -2.52. The van der Waals surface area contributed by atoms with Crippen LogP contribution in [0.1, 0.15) is 27.3 Å². The number of rotatable bonds is 3. The molecule has 0 spiro atoms. The number of carbonyl (C=O) groups excluding carboxylic acids is 3. The molecule has 4 amide bonds. The Morgan fingerprint density at radius 3 is 2.33 bits per heavy atom. The number of urea groups is 1. The molecule has 138 valence electrons. The fourth-order valence-corrected chi connectivity index (χ4v) is 2.99. The summed E-state index contributed by atoms with van der Waals surface area (Å²) in [4.78, 5) is 47.6. The fraction of sp³-hybridized carbons (Fsp3) is 0.158. The number of imide groups is 2. The van der Waals surface area contributed by atoms with E-state index in [1.807, 2.05) is 24.5 Å². The number of nitrogens with zero attached hydrogens (tertiary/aromatic N) is 2. The van der Waals surface area contributed by atoms with Crippen LogP contribution in [0.15, 0.2) is 35.9 Å². The molecule has 27 heavy (non-hydrogen) atoms. The number of nitrogens with one attached hydrogen (secondary N) is 1. The van der Waals surface area contributed by atoms with Crippen LogP contribution in [0, 0.1) is 13.8 Å². The number of hydrogen-bond donors (Lipinski definition) is 2. The third-order valence-corrected chi connectivity index (χ3v) is 4.45. The number of likely N-dealkylation sites (N-methyl/N-ethyl adjacent to an activating group) is 1. The lowest BCUT2D eigenvalue weighted by Gasteiger charge is -2.22. The van der Waals surface area contributed by atoms with E-state index in [4.69, 9.17) is 5.11 Å². The lowest BCUT2D eigenvalue weighted by molar-refractivity contribution is -0.129. The topological polar surface area (TPSA) is 109 Å². The SMILES string of the molecule is Cc1cc(/C=C2\C(=O)NC(=O)N(C)C2=O)c(C)n1-c1ccc(C(=O)O)cc1. The van der Waals surface area contributed by atoms with Gasteiger partial charge in [0.1, 0.15) is 5.57 Å². The van der Waals surface area contributed by atoms with Gasteiger partial charge in [-0.1, -0.05) is 0 Å². The Labute approximate surface area is 154 Å². The molecule has 0 radical (unpaired) electrons. The van der Waals surface area contributed by atoms with Crippen molar-refractivity contribution in [1.82, 2.24) is 14.8 Å². The zero-order chi connectivity index (χ0) is 19.9. The van der Waals surface area contributed by atoms with Crippen molar-refractivity contribution in [2.24, 2.45) is 0 Å². The number of barbiturate groups is 1. The molecule has 0 bridgehead atoms.